The fourth-order valence-corrected chi connectivity index (χ4v) is 10.3. The SMILES string of the molecule is CCc1c(C(=NOC(CC(=O)O)C(=O)O)C(=O)NC2C(=O)N3C(C(=O)OC)=C(C[N+]4(Cc5cn(C)c6cc(O)c(O)c(Cl)c6c5=O)CCCCC4)CSC23)csc1N. The van der Waals surface area contributed by atoms with Crippen molar-refractivity contribution >= 4 is 86.0 Å². The van der Waals surface area contributed by atoms with Gasteiger partial charge in [0.25, 0.3) is 11.8 Å². The van der Waals surface area contributed by atoms with Crippen molar-refractivity contribution < 1.29 is 58.5 Å². The van der Waals surface area contributed by atoms with Gasteiger partial charge in [0.05, 0.1) is 53.1 Å². The Morgan fingerprint density at radius 1 is 1.14 bits per heavy atom. The number of pyridine rings is 1. The molecule has 18 nitrogen and oxygen atoms in total. The first-order valence-electron chi connectivity index (χ1n) is 18.2. The number of hydrogen-bond donors (Lipinski definition) is 6. The van der Waals surface area contributed by atoms with Crippen molar-refractivity contribution in [2.75, 3.05) is 38.2 Å². The standard InChI is InChI=1S/C37H41ClN6O12S2/c1-4-19-20(16-57-32(19)39)27(41-56-23(36(52)53)11-24(46)47)33(50)40-28-34(51)43-29(37(54)55-3)18(15-58-35(28)43)14-44(8-6-5-7-9-44)13-17-12-42(2)21-10-22(45)31(49)26(38)25(21)30(17)48/h10,12,16,23,28,35H,4-9,11,13-15,39H2,1-3H3,(H4-,40,41,45,46,47,48,49,50,52,53)/p+1. The van der Waals surface area contributed by atoms with Gasteiger partial charge in [0.1, 0.15) is 30.2 Å². The number of carboxylic acid groups (broad SMARTS) is 2. The van der Waals surface area contributed by atoms with Gasteiger partial charge in [-0.1, -0.05) is 23.7 Å². The number of carbonyl (C=O) groups excluding carboxylic acids is 3. The Hall–Kier alpha value is -5.31. The number of amides is 2. The van der Waals surface area contributed by atoms with Gasteiger partial charge in [-0.15, -0.1) is 23.1 Å². The molecular weight excluding hydrogens is 820 g/mol. The summed E-state index contributed by atoms with van der Waals surface area (Å²) >= 11 is 8.79. The van der Waals surface area contributed by atoms with Gasteiger partial charge in [0.2, 0.25) is 6.10 Å². The predicted molar refractivity (Wildman–Crippen MR) is 213 cm³/mol. The number of nitrogens with two attached hydrogens (primary N) is 1. The van der Waals surface area contributed by atoms with E-state index in [0.29, 0.717) is 51.2 Å². The highest BCUT2D eigenvalue weighted by atomic mass is 35.5. The number of benzene rings is 1. The van der Waals surface area contributed by atoms with Crippen molar-refractivity contribution in [3.05, 3.63) is 60.8 Å². The average molecular weight is 862 g/mol. The fourth-order valence-electron chi connectivity index (χ4n) is 7.78. The number of ether oxygens (including phenoxy) is 1. The number of carbonyl (C=O) groups is 5. The number of β-lactam (4-membered cyclic amide) rings is 1. The average Bonchev–Trinajstić information content (AvgIpc) is 3.56. The fraction of sp³-hybridized carbons (Fsp3) is 0.432. The highest BCUT2D eigenvalue weighted by Gasteiger charge is 2.55. The van der Waals surface area contributed by atoms with Crippen LogP contribution in [-0.4, -0.2) is 120 Å². The maximum absolute atomic E-state index is 13.9. The number of methoxy groups -OCH3 is 1. The van der Waals surface area contributed by atoms with Crippen molar-refractivity contribution in [3.8, 4) is 11.5 Å². The Morgan fingerprint density at radius 3 is 2.48 bits per heavy atom. The second kappa shape index (κ2) is 16.9. The molecule has 3 atom stereocenters. The van der Waals surface area contributed by atoms with E-state index in [-0.39, 0.29) is 40.5 Å². The number of nitrogens with zero attached hydrogens (tertiary/aromatic N) is 4. The zero-order valence-electron chi connectivity index (χ0n) is 31.7. The van der Waals surface area contributed by atoms with E-state index in [0.717, 1.165) is 30.6 Å². The van der Waals surface area contributed by atoms with Crippen LogP contribution < -0.4 is 16.5 Å². The molecule has 2 amide bonds. The molecule has 1 aromatic carbocycles. The minimum atomic E-state index is -1.92. The molecule has 2 fully saturated rings. The number of piperidine rings is 1. The number of rotatable bonds is 14. The largest absolute Gasteiger partial charge is 0.504 e. The number of halogens is 1. The number of esters is 1. The number of phenolic OH excluding ortho intramolecular Hbond substituents is 2. The first-order valence-corrected chi connectivity index (χ1v) is 20.5. The van der Waals surface area contributed by atoms with Gasteiger partial charge in [-0.05, 0) is 31.2 Å². The van der Waals surface area contributed by atoms with Crippen molar-refractivity contribution in [1.82, 2.24) is 14.8 Å². The first-order chi connectivity index (χ1) is 27.5. The Bertz CT molecular complexity index is 2340. The lowest BCUT2D eigenvalue weighted by Gasteiger charge is -2.51. The molecule has 3 aliphatic heterocycles. The highest BCUT2D eigenvalue weighted by molar-refractivity contribution is 8.00. The van der Waals surface area contributed by atoms with Gasteiger partial charge in [-0.25, -0.2) is 9.59 Å². The third-order valence-corrected chi connectivity index (χ3v) is 13.2. The summed E-state index contributed by atoms with van der Waals surface area (Å²) in [5.74, 6) is -6.17. The summed E-state index contributed by atoms with van der Waals surface area (Å²) in [6.45, 7) is 3.61. The molecule has 7 N–H and O–H groups in total. The number of thiophene rings is 1. The molecule has 310 valence electrons. The lowest BCUT2D eigenvalue weighted by Crippen LogP contribution is -2.71. The number of anilines is 1. The van der Waals surface area contributed by atoms with Crippen LogP contribution in [0.15, 0.2) is 38.9 Å². The minimum absolute atomic E-state index is 0.0359. The van der Waals surface area contributed by atoms with E-state index in [1.54, 1.807) is 24.7 Å². The molecule has 0 spiro atoms. The van der Waals surface area contributed by atoms with Crippen LogP contribution >= 0.6 is 34.7 Å². The monoisotopic (exact) mass is 861 g/mol. The minimum Gasteiger partial charge on any atom is -0.504 e. The molecule has 58 heavy (non-hydrogen) atoms. The van der Waals surface area contributed by atoms with E-state index in [2.05, 4.69) is 10.5 Å². The third-order valence-electron chi connectivity index (χ3n) is 10.6. The van der Waals surface area contributed by atoms with Crippen molar-refractivity contribution in [1.29, 1.82) is 0 Å². The van der Waals surface area contributed by atoms with Crippen LogP contribution in [0.1, 0.15) is 49.3 Å². The smallest absolute Gasteiger partial charge is 0.355 e. The first kappa shape index (κ1) is 42.3. The van der Waals surface area contributed by atoms with Crippen molar-refractivity contribution in [3.63, 3.8) is 0 Å². The Morgan fingerprint density at radius 2 is 1.84 bits per heavy atom. The summed E-state index contributed by atoms with van der Waals surface area (Å²) < 4.78 is 7.20. The highest BCUT2D eigenvalue weighted by Crippen LogP contribution is 2.43. The molecule has 0 saturated carbocycles. The van der Waals surface area contributed by atoms with Gasteiger partial charge in [-0.2, -0.15) is 0 Å². The van der Waals surface area contributed by atoms with Crippen molar-refractivity contribution in [2.45, 2.75) is 63.1 Å². The zero-order valence-corrected chi connectivity index (χ0v) is 34.0. The Balaban J connectivity index is 1.30. The Kier molecular flexibility index (Phi) is 12.3. The molecule has 2 aromatic heterocycles. The van der Waals surface area contributed by atoms with Gasteiger partial charge >= 0.3 is 17.9 Å². The molecule has 0 bridgehead atoms. The number of carboxylic acids is 2. The van der Waals surface area contributed by atoms with E-state index in [4.69, 9.17) is 32.0 Å². The number of hydrogen-bond acceptors (Lipinski definition) is 14. The number of aromatic hydroxyl groups is 2. The molecule has 0 radical (unpaired) electrons. The van der Waals surface area contributed by atoms with Crippen LogP contribution in [-0.2, 0) is 53.6 Å². The molecule has 6 rings (SSSR count). The second-order valence-electron chi connectivity index (χ2n) is 14.3. The number of fused-ring (bicyclic) bond motifs is 2. The molecular formula is C37H42ClN6O12S2+. The molecule has 3 aromatic rings. The molecule has 3 aliphatic rings. The lowest BCUT2D eigenvalue weighted by atomic mass is 9.99. The predicted octanol–water partition coefficient (Wildman–Crippen LogP) is 2.49. The normalized spacial score (nSPS) is 19.6. The number of likely N-dealkylation sites (tertiary alicyclic amines) is 1. The van der Waals surface area contributed by atoms with E-state index in [1.165, 1.54) is 35.2 Å². The van der Waals surface area contributed by atoms with E-state index in [1.807, 2.05) is 0 Å². The van der Waals surface area contributed by atoms with Crippen LogP contribution in [0, 0.1) is 0 Å². The molecule has 2 saturated heterocycles. The number of thioether (sulfide) groups is 1. The zero-order chi connectivity index (χ0) is 42.2. The summed E-state index contributed by atoms with van der Waals surface area (Å²) in [5.41, 5.74) is 7.42. The summed E-state index contributed by atoms with van der Waals surface area (Å²) in [5, 5.41) is 46.5. The van der Waals surface area contributed by atoms with Gasteiger partial charge in [0.15, 0.2) is 22.6 Å². The number of aromatic nitrogens is 1. The number of aryl methyl sites for hydroxylation is 1. The summed E-state index contributed by atoms with van der Waals surface area (Å²) in [6.07, 6.45) is 1.80. The maximum Gasteiger partial charge on any atom is 0.355 e. The van der Waals surface area contributed by atoms with E-state index >= 15 is 0 Å². The molecule has 5 heterocycles. The van der Waals surface area contributed by atoms with Gasteiger partial charge in [-0.3, -0.25) is 24.1 Å². The van der Waals surface area contributed by atoms with Crippen LogP contribution in [0.25, 0.3) is 10.9 Å². The molecule has 0 aliphatic carbocycles. The number of oxime groups is 1. The van der Waals surface area contributed by atoms with Gasteiger partial charge < -0.3 is 50.1 Å². The van der Waals surface area contributed by atoms with Gasteiger partial charge in [0, 0.05) is 41.6 Å². The number of aliphatic carboxylic acids is 2. The quantitative estimate of drug-likeness (QED) is 0.0340. The number of quaternary nitrogens is 1. The second-order valence-corrected chi connectivity index (χ2v) is 16.7. The number of nitrogens with one attached hydrogen (secondary N) is 1. The maximum atomic E-state index is 13.9. The molecule has 21 heteroatoms. The number of nitrogen functional groups attached to an aromatic ring is 1. The van der Waals surface area contributed by atoms with Crippen molar-refractivity contribution in [2.24, 2.45) is 12.2 Å². The molecule has 3 unspecified atom stereocenters. The lowest BCUT2D eigenvalue weighted by molar-refractivity contribution is -0.941. The van der Waals surface area contributed by atoms with E-state index < -0.39 is 76.3 Å². The summed E-state index contributed by atoms with van der Waals surface area (Å²) in [4.78, 5) is 84.6. The van der Waals surface area contributed by atoms with Crippen LogP contribution in [0.3, 0.4) is 0 Å². The number of phenols is 2. The van der Waals surface area contributed by atoms with Crippen LogP contribution in [0.2, 0.25) is 5.02 Å². The third kappa shape index (κ3) is 7.92. The summed E-state index contributed by atoms with van der Waals surface area (Å²) in [7, 11) is 2.90. The Labute approximate surface area is 344 Å². The summed E-state index contributed by atoms with van der Waals surface area (Å²) in [6, 6.07) is 0.119. The topological polar surface area (TPSA) is 260 Å². The van der Waals surface area contributed by atoms with Crippen LogP contribution in [0.5, 0.6) is 11.5 Å². The van der Waals surface area contributed by atoms with Crippen LogP contribution in [0.4, 0.5) is 5.00 Å². The van der Waals surface area contributed by atoms with E-state index in [9.17, 15) is 44.1 Å².